The zero-order chi connectivity index (χ0) is 14.7. The third-order valence-electron chi connectivity index (χ3n) is 2.49. The molecule has 0 saturated carbocycles. The topological polar surface area (TPSA) is 105 Å². The Bertz CT molecular complexity index is 296. The van der Waals surface area contributed by atoms with Crippen LogP contribution in [-0.4, -0.2) is 47.6 Å². The summed E-state index contributed by atoms with van der Waals surface area (Å²) in [6, 6.07) is 0. The van der Waals surface area contributed by atoms with Gasteiger partial charge < -0.3 is 30.2 Å². The maximum absolute atomic E-state index is 11.9. The zero-order valence-electron chi connectivity index (χ0n) is 11.3. The Hall–Kier alpha value is -1.22. The molecule has 0 atom stereocenters. The normalized spacial score (nSPS) is 12.8. The highest BCUT2D eigenvalue weighted by atomic mass is 16.7. The van der Waals surface area contributed by atoms with Crippen molar-refractivity contribution in [2.75, 3.05) is 14.2 Å². The van der Waals surface area contributed by atoms with E-state index in [0.29, 0.717) is 0 Å². The molecule has 0 aliphatic heterocycles. The molecule has 0 aliphatic carbocycles. The van der Waals surface area contributed by atoms with E-state index in [1.54, 1.807) is 0 Å². The predicted molar refractivity (Wildman–Crippen MR) is 62.6 cm³/mol. The van der Waals surface area contributed by atoms with E-state index < -0.39 is 23.0 Å². The summed E-state index contributed by atoms with van der Waals surface area (Å²) in [5.41, 5.74) is -3.50. The van der Waals surface area contributed by atoms with Crippen LogP contribution >= 0.6 is 0 Å². The molecule has 0 aromatic rings. The maximum atomic E-state index is 11.9. The summed E-state index contributed by atoms with van der Waals surface area (Å²) in [6.45, 7) is 4.85. The molecule has 8 heteroatoms. The first-order chi connectivity index (χ1) is 8.03. The van der Waals surface area contributed by atoms with Crippen molar-refractivity contribution in [3.05, 3.63) is 10.4 Å². The van der Waals surface area contributed by atoms with Gasteiger partial charge in [-0.05, 0) is 27.7 Å². The molecule has 0 aromatic carbocycles. The van der Waals surface area contributed by atoms with E-state index in [4.69, 9.17) is 0 Å². The van der Waals surface area contributed by atoms with E-state index in [1.807, 2.05) is 0 Å². The fraction of sp³-hybridized carbons (Fsp3) is 0.800. The number of nitrogens with zero attached hydrogens (tertiary/aromatic N) is 2. The number of rotatable bonds is 5. The standard InChI is InChI=1S/C10H18N2O6/c1-9(2,7(13)17-5)11(15)12(16)10(3,4)8(14)18-6/h1-6H3/q-2. The number of methoxy groups -OCH3 is 2. The van der Waals surface area contributed by atoms with Crippen molar-refractivity contribution in [3.8, 4) is 0 Å². The number of carbonyl (C=O) groups excluding carboxylic acids is 2. The highest BCUT2D eigenvalue weighted by molar-refractivity contribution is 5.81. The van der Waals surface area contributed by atoms with Crippen molar-refractivity contribution in [1.82, 2.24) is 10.3 Å². The quantitative estimate of drug-likeness (QED) is 0.518. The van der Waals surface area contributed by atoms with Crippen LogP contribution in [0.5, 0.6) is 0 Å². The molecule has 0 amide bonds. The van der Waals surface area contributed by atoms with Gasteiger partial charge >= 0.3 is 11.9 Å². The Morgan fingerprint density at radius 3 is 1.22 bits per heavy atom. The van der Waals surface area contributed by atoms with E-state index in [-0.39, 0.29) is 10.3 Å². The molecule has 0 heterocycles. The van der Waals surface area contributed by atoms with Crippen molar-refractivity contribution in [1.29, 1.82) is 0 Å². The number of hydrogen-bond donors (Lipinski definition) is 0. The van der Waals surface area contributed by atoms with Gasteiger partial charge in [0.1, 0.15) is 11.1 Å². The minimum absolute atomic E-state index is 0.143. The number of ether oxygens (including phenoxy) is 2. The molecule has 0 bridgehead atoms. The molecule has 0 fully saturated rings. The third kappa shape index (κ3) is 2.96. The molecule has 106 valence electrons. The number of carbonyl (C=O) groups is 2. The second-order valence-electron chi connectivity index (χ2n) is 4.65. The van der Waals surface area contributed by atoms with Crippen LogP contribution in [0, 0.1) is 10.4 Å². The zero-order valence-corrected chi connectivity index (χ0v) is 11.3. The van der Waals surface area contributed by atoms with Gasteiger partial charge in [-0.2, -0.15) is 0 Å². The molecule has 0 saturated heterocycles. The van der Waals surface area contributed by atoms with Crippen molar-refractivity contribution in [3.63, 3.8) is 0 Å². The summed E-state index contributed by atoms with van der Waals surface area (Å²) < 4.78 is 8.85. The fourth-order valence-corrected chi connectivity index (χ4v) is 1.11. The minimum Gasteiger partial charge on any atom is -0.771 e. The van der Waals surface area contributed by atoms with E-state index >= 15 is 0 Å². The van der Waals surface area contributed by atoms with Gasteiger partial charge in [0.15, 0.2) is 0 Å². The van der Waals surface area contributed by atoms with Crippen molar-refractivity contribution >= 4 is 11.9 Å². The van der Waals surface area contributed by atoms with Crippen LogP contribution in [0.25, 0.3) is 0 Å². The van der Waals surface area contributed by atoms with Gasteiger partial charge in [-0.1, -0.05) is 0 Å². The maximum Gasteiger partial charge on any atom is 0.325 e. The highest BCUT2D eigenvalue weighted by Gasteiger charge is 2.38. The van der Waals surface area contributed by atoms with Crippen molar-refractivity contribution in [2.24, 2.45) is 0 Å². The minimum atomic E-state index is -1.75. The number of esters is 2. The summed E-state index contributed by atoms with van der Waals surface area (Å²) in [6.07, 6.45) is 0. The number of hydrogen-bond acceptors (Lipinski definition) is 8. The second kappa shape index (κ2) is 5.61. The first kappa shape index (κ1) is 16.8. The second-order valence-corrected chi connectivity index (χ2v) is 4.65. The van der Waals surface area contributed by atoms with Crippen LogP contribution in [-0.2, 0) is 19.1 Å². The van der Waals surface area contributed by atoms with Crippen molar-refractivity contribution < 1.29 is 19.1 Å². The lowest BCUT2D eigenvalue weighted by molar-refractivity contribution is -0.176. The Morgan fingerprint density at radius 1 is 0.833 bits per heavy atom. The molecular formula is C10H18N2O6-2. The summed E-state index contributed by atoms with van der Waals surface area (Å²) in [5, 5.41) is 23.4. The Kier molecular flexibility index (Phi) is 5.23. The SMILES string of the molecule is COC(=O)C(C)(C)N([O-])N([O-])C(C)(C)C(=O)OC. The monoisotopic (exact) mass is 262 g/mol. The van der Waals surface area contributed by atoms with Crippen LogP contribution in [0.4, 0.5) is 0 Å². The lowest BCUT2D eigenvalue weighted by atomic mass is 10.0. The molecule has 0 spiro atoms. The Labute approximate surface area is 106 Å². The van der Waals surface area contributed by atoms with Gasteiger partial charge in [0.05, 0.1) is 14.2 Å². The van der Waals surface area contributed by atoms with Crippen LogP contribution in [0.15, 0.2) is 0 Å². The molecule has 0 radical (unpaired) electrons. The average Bonchev–Trinajstić information content (AvgIpc) is 2.34. The van der Waals surface area contributed by atoms with E-state index in [2.05, 4.69) is 9.47 Å². The van der Waals surface area contributed by atoms with Gasteiger partial charge in [-0.15, -0.1) is 0 Å². The molecule has 8 nitrogen and oxygen atoms in total. The average molecular weight is 262 g/mol. The lowest BCUT2D eigenvalue weighted by Gasteiger charge is -2.57. The molecule has 0 rings (SSSR count). The molecular weight excluding hydrogens is 244 g/mol. The lowest BCUT2D eigenvalue weighted by Crippen LogP contribution is -2.61. The summed E-state index contributed by atoms with van der Waals surface area (Å²) in [7, 11) is 2.19. The first-order valence-electron chi connectivity index (χ1n) is 5.15. The number of hydroxylamine groups is 2. The summed E-state index contributed by atoms with van der Waals surface area (Å²) in [5.74, 6) is -1.78. The molecule has 18 heavy (non-hydrogen) atoms. The molecule has 0 aliphatic rings. The fourth-order valence-electron chi connectivity index (χ4n) is 1.11. The van der Waals surface area contributed by atoms with Crippen LogP contribution in [0.2, 0.25) is 0 Å². The third-order valence-corrected chi connectivity index (χ3v) is 2.49. The smallest absolute Gasteiger partial charge is 0.325 e. The van der Waals surface area contributed by atoms with Crippen molar-refractivity contribution in [2.45, 2.75) is 38.8 Å². The van der Waals surface area contributed by atoms with Crippen LogP contribution < -0.4 is 0 Å². The first-order valence-corrected chi connectivity index (χ1v) is 5.15. The van der Waals surface area contributed by atoms with Gasteiger partial charge in [-0.25, -0.2) is 0 Å². The molecule has 0 unspecified atom stereocenters. The van der Waals surface area contributed by atoms with Gasteiger partial charge in [-0.3, -0.25) is 9.59 Å². The Balaban J connectivity index is 5.16. The van der Waals surface area contributed by atoms with Crippen LogP contribution in [0.1, 0.15) is 27.7 Å². The summed E-state index contributed by atoms with van der Waals surface area (Å²) in [4.78, 5) is 22.8. The van der Waals surface area contributed by atoms with Gasteiger partial charge in [0.25, 0.3) is 0 Å². The van der Waals surface area contributed by atoms with E-state index in [9.17, 15) is 20.0 Å². The van der Waals surface area contributed by atoms with Gasteiger partial charge in [0.2, 0.25) is 0 Å². The largest absolute Gasteiger partial charge is 0.771 e. The van der Waals surface area contributed by atoms with Gasteiger partial charge in [0, 0.05) is 0 Å². The molecule has 0 N–H and O–H groups in total. The molecule has 0 aromatic heterocycles. The van der Waals surface area contributed by atoms with Crippen LogP contribution in [0.3, 0.4) is 0 Å². The van der Waals surface area contributed by atoms with E-state index in [1.165, 1.54) is 27.7 Å². The number of hydrazine groups is 1. The van der Waals surface area contributed by atoms with E-state index in [0.717, 1.165) is 14.2 Å². The predicted octanol–water partition coefficient (Wildman–Crippen LogP) is 0.404. The Morgan fingerprint density at radius 2 is 1.06 bits per heavy atom. The summed E-state index contributed by atoms with van der Waals surface area (Å²) >= 11 is 0. The highest BCUT2D eigenvalue weighted by Crippen LogP contribution is 2.24.